The van der Waals surface area contributed by atoms with Crippen LogP contribution in [0.5, 0.6) is 5.75 Å². The van der Waals surface area contributed by atoms with Crippen molar-refractivity contribution in [3.8, 4) is 11.8 Å². The van der Waals surface area contributed by atoms with Crippen LogP contribution in [0.3, 0.4) is 0 Å². The van der Waals surface area contributed by atoms with Crippen LogP contribution < -0.4 is 4.74 Å². The lowest BCUT2D eigenvalue weighted by Crippen LogP contribution is -2.25. The summed E-state index contributed by atoms with van der Waals surface area (Å²) in [7, 11) is 0. The fraction of sp³-hybridized carbons (Fsp3) is 0.500. The minimum absolute atomic E-state index is 0.0320. The van der Waals surface area contributed by atoms with Gasteiger partial charge in [-0.1, -0.05) is 25.0 Å². The van der Waals surface area contributed by atoms with E-state index in [9.17, 15) is 5.26 Å². The lowest BCUT2D eigenvalue weighted by molar-refractivity contribution is 0.151. The highest BCUT2D eigenvalue weighted by Gasteiger charge is 2.25. The molecule has 17 heavy (non-hydrogen) atoms. The van der Waals surface area contributed by atoms with Gasteiger partial charge >= 0.3 is 0 Å². The molecule has 0 aromatic heterocycles. The Morgan fingerprint density at radius 3 is 2.71 bits per heavy atom. The summed E-state index contributed by atoms with van der Waals surface area (Å²) in [4.78, 5) is 0. The van der Waals surface area contributed by atoms with Gasteiger partial charge in [0, 0.05) is 0 Å². The number of para-hydroxylation sites is 1. The normalized spacial score (nSPS) is 24.7. The van der Waals surface area contributed by atoms with Crippen molar-refractivity contribution in [3.63, 3.8) is 0 Å². The molecule has 90 valence electrons. The fourth-order valence-electron chi connectivity index (χ4n) is 2.27. The van der Waals surface area contributed by atoms with Crippen LogP contribution in [0.2, 0.25) is 0 Å². The maximum Gasteiger partial charge on any atom is 0.133 e. The van der Waals surface area contributed by atoms with Crippen LogP contribution in [0, 0.1) is 17.2 Å². The van der Waals surface area contributed by atoms with Crippen LogP contribution in [0.25, 0.3) is 0 Å². The lowest BCUT2D eigenvalue weighted by atomic mass is 9.99. The second-order valence-corrected chi connectivity index (χ2v) is 5.31. The third kappa shape index (κ3) is 3.23. The van der Waals surface area contributed by atoms with E-state index in [1.54, 1.807) is 0 Å². The molecule has 1 fully saturated rings. The molecule has 0 heterocycles. The van der Waals surface area contributed by atoms with Crippen LogP contribution in [-0.2, 0) is 0 Å². The molecular weight excluding hydrogens is 278 g/mol. The summed E-state index contributed by atoms with van der Waals surface area (Å²) in [6.07, 6.45) is 5.52. The SMILES string of the molecule is N#CC1CCCCCC1Oc1ccccc1Br. The third-order valence-corrected chi connectivity index (χ3v) is 3.89. The van der Waals surface area contributed by atoms with Crippen molar-refractivity contribution in [2.75, 3.05) is 0 Å². The Labute approximate surface area is 111 Å². The molecule has 3 heteroatoms. The molecule has 0 radical (unpaired) electrons. The van der Waals surface area contributed by atoms with Gasteiger partial charge in [-0.05, 0) is 47.3 Å². The number of hydrogen-bond acceptors (Lipinski definition) is 2. The van der Waals surface area contributed by atoms with Gasteiger partial charge in [0.05, 0.1) is 16.5 Å². The van der Waals surface area contributed by atoms with Gasteiger partial charge in [0.1, 0.15) is 11.9 Å². The zero-order chi connectivity index (χ0) is 12.1. The summed E-state index contributed by atoms with van der Waals surface area (Å²) < 4.78 is 6.96. The first kappa shape index (κ1) is 12.4. The fourth-order valence-corrected chi connectivity index (χ4v) is 2.64. The number of halogens is 1. The molecule has 0 saturated heterocycles. The molecule has 2 unspecified atom stereocenters. The first-order valence-electron chi connectivity index (χ1n) is 6.12. The highest BCUT2D eigenvalue weighted by atomic mass is 79.9. The Morgan fingerprint density at radius 2 is 1.94 bits per heavy atom. The van der Waals surface area contributed by atoms with Gasteiger partial charge < -0.3 is 4.74 Å². The van der Waals surface area contributed by atoms with Gasteiger partial charge in [0.25, 0.3) is 0 Å². The van der Waals surface area contributed by atoms with Crippen molar-refractivity contribution < 1.29 is 4.74 Å². The summed E-state index contributed by atoms with van der Waals surface area (Å²) in [5, 5.41) is 9.19. The number of nitrogens with zero attached hydrogens (tertiary/aromatic N) is 1. The lowest BCUT2D eigenvalue weighted by Gasteiger charge is -2.21. The van der Waals surface area contributed by atoms with E-state index in [0.29, 0.717) is 0 Å². The Bertz CT molecular complexity index is 413. The zero-order valence-corrected chi connectivity index (χ0v) is 11.3. The quantitative estimate of drug-likeness (QED) is 0.762. The van der Waals surface area contributed by atoms with E-state index in [1.165, 1.54) is 6.42 Å². The monoisotopic (exact) mass is 293 g/mol. The molecule has 2 atom stereocenters. The van der Waals surface area contributed by atoms with Crippen LogP contribution in [0.15, 0.2) is 28.7 Å². The minimum atomic E-state index is 0.0320. The molecule has 0 N–H and O–H groups in total. The topological polar surface area (TPSA) is 33.0 Å². The van der Waals surface area contributed by atoms with Crippen molar-refractivity contribution in [2.45, 2.75) is 38.2 Å². The number of benzene rings is 1. The number of nitriles is 1. The number of rotatable bonds is 2. The van der Waals surface area contributed by atoms with Crippen LogP contribution in [-0.4, -0.2) is 6.10 Å². The van der Waals surface area contributed by atoms with E-state index in [-0.39, 0.29) is 12.0 Å². The minimum Gasteiger partial charge on any atom is -0.488 e. The molecule has 1 aromatic rings. The molecule has 0 spiro atoms. The van der Waals surface area contributed by atoms with Gasteiger partial charge in [0.15, 0.2) is 0 Å². The van der Waals surface area contributed by atoms with E-state index in [4.69, 9.17) is 4.74 Å². The zero-order valence-electron chi connectivity index (χ0n) is 9.73. The molecule has 0 bridgehead atoms. The van der Waals surface area contributed by atoms with Gasteiger partial charge in [-0.3, -0.25) is 0 Å². The van der Waals surface area contributed by atoms with Crippen molar-refractivity contribution in [1.82, 2.24) is 0 Å². The van der Waals surface area contributed by atoms with Crippen LogP contribution >= 0.6 is 15.9 Å². The largest absolute Gasteiger partial charge is 0.488 e. The van der Waals surface area contributed by atoms with Crippen molar-refractivity contribution >= 4 is 15.9 Å². The number of ether oxygens (including phenoxy) is 1. The Hall–Kier alpha value is -1.01. The molecule has 1 aromatic carbocycles. The first-order valence-corrected chi connectivity index (χ1v) is 6.91. The van der Waals surface area contributed by atoms with Crippen molar-refractivity contribution in [3.05, 3.63) is 28.7 Å². The number of hydrogen-bond donors (Lipinski definition) is 0. The molecule has 0 aliphatic heterocycles. The van der Waals surface area contributed by atoms with Crippen molar-refractivity contribution in [1.29, 1.82) is 5.26 Å². The Morgan fingerprint density at radius 1 is 1.18 bits per heavy atom. The Kier molecular flexibility index (Phi) is 4.44. The van der Waals surface area contributed by atoms with E-state index < -0.39 is 0 Å². The first-order chi connectivity index (χ1) is 8.31. The third-order valence-electron chi connectivity index (χ3n) is 3.23. The second kappa shape index (κ2) is 6.07. The van der Waals surface area contributed by atoms with Gasteiger partial charge in [-0.25, -0.2) is 0 Å². The van der Waals surface area contributed by atoms with Gasteiger partial charge in [0.2, 0.25) is 0 Å². The summed E-state index contributed by atoms with van der Waals surface area (Å²) in [5.41, 5.74) is 0. The van der Waals surface area contributed by atoms with E-state index in [0.717, 1.165) is 35.9 Å². The summed E-state index contributed by atoms with van der Waals surface area (Å²) >= 11 is 3.48. The maximum atomic E-state index is 9.19. The molecule has 0 amide bonds. The predicted molar refractivity (Wildman–Crippen MR) is 70.7 cm³/mol. The van der Waals surface area contributed by atoms with Crippen LogP contribution in [0.1, 0.15) is 32.1 Å². The maximum absolute atomic E-state index is 9.19. The predicted octanol–water partition coefficient (Wildman–Crippen LogP) is 4.30. The highest BCUT2D eigenvalue weighted by molar-refractivity contribution is 9.10. The van der Waals surface area contributed by atoms with E-state index >= 15 is 0 Å². The van der Waals surface area contributed by atoms with E-state index in [2.05, 4.69) is 22.0 Å². The standard InChI is InChI=1S/C14H16BrNO/c15-12-7-4-5-9-14(12)17-13-8-3-1-2-6-11(13)10-16/h4-5,7,9,11,13H,1-3,6,8H2. The highest BCUT2D eigenvalue weighted by Crippen LogP contribution is 2.30. The summed E-state index contributed by atoms with van der Waals surface area (Å²) in [6, 6.07) is 10.2. The smallest absolute Gasteiger partial charge is 0.133 e. The van der Waals surface area contributed by atoms with Crippen LogP contribution in [0.4, 0.5) is 0 Å². The summed E-state index contributed by atoms with van der Waals surface area (Å²) in [5.74, 6) is 0.879. The van der Waals surface area contributed by atoms with Gasteiger partial charge in [-0.15, -0.1) is 0 Å². The second-order valence-electron chi connectivity index (χ2n) is 4.46. The molecular formula is C14H16BrNO. The summed E-state index contributed by atoms with van der Waals surface area (Å²) in [6.45, 7) is 0. The molecule has 1 aliphatic rings. The molecule has 1 aliphatic carbocycles. The average Bonchev–Trinajstić information content (AvgIpc) is 2.57. The average molecular weight is 294 g/mol. The van der Waals surface area contributed by atoms with Crippen molar-refractivity contribution in [2.24, 2.45) is 5.92 Å². The molecule has 2 nitrogen and oxygen atoms in total. The van der Waals surface area contributed by atoms with Gasteiger partial charge in [-0.2, -0.15) is 5.26 Å². The molecule has 2 rings (SSSR count). The van der Waals surface area contributed by atoms with E-state index in [1.807, 2.05) is 24.3 Å². The molecule has 1 saturated carbocycles. The Balaban J connectivity index is 2.10.